The molecule has 0 bridgehead atoms. The number of carboxylic acids is 1. The summed E-state index contributed by atoms with van der Waals surface area (Å²) in [6.45, 7) is 4.98. The summed E-state index contributed by atoms with van der Waals surface area (Å²) in [5, 5.41) is 9.01. The van der Waals surface area contributed by atoms with Gasteiger partial charge in [-0.3, -0.25) is 14.6 Å². The molecule has 0 amide bonds. The third kappa shape index (κ3) is 3.51. The summed E-state index contributed by atoms with van der Waals surface area (Å²) in [6, 6.07) is 7.18. The van der Waals surface area contributed by atoms with Crippen LogP contribution in [-0.4, -0.2) is 60.2 Å². The van der Waals surface area contributed by atoms with E-state index in [1.165, 1.54) is 24.0 Å². The molecule has 1 N–H and O–H groups in total. The molecule has 0 saturated carbocycles. The third-order valence-electron chi connectivity index (χ3n) is 5.21. The quantitative estimate of drug-likeness (QED) is 0.922. The molecule has 0 spiro atoms. The first-order valence-corrected chi connectivity index (χ1v) is 8.45. The molecule has 1 aliphatic heterocycles. The maximum absolute atomic E-state index is 11.0. The Morgan fingerprint density at radius 3 is 2.91 bits per heavy atom. The van der Waals surface area contributed by atoms with E-state index in [0.717, 1.165) is 31.8 Å². The highest BCUT2D eigenvalue weighted by molar-refractivity contribution is 5.69. The minimum Gasteiger partial charge on any atom is -0.497 e. The Balaban J connectivity index is 1.73. The van der Waals surface area contributed by atoms with Crippen LogP contribution < -0.4 is 4.74 Å². The minimum absolute atomic E-state index is 0.146. The number of methoxy groups -OCH3 is 1. The van der Waals surface area contributed by atoms with E-state index in [1.54, 1.807) is 7.11 Å². The first kappa shape index (κ1) is 16.3. The summed E-state index contributed by atoms with van der Waals surface area (Å²) in [6.07, 6.45) is 3.51. The zero-order valence-electron chi connectivity index (χ0n) is 14.0. The molecule has 0 aromatic heterocycles. The highest BCUT2D eigenvalue weighted by Crippen LogP contribution is 2.36. The molecule has 2 aliphatic rings. The predicted molar refractivity (Wildman–Crippen MR) is 88.9 cm³/mol. The van der Waals surface area contributed by atoms with Crippen LogP contribution in [0.5, 0.6) is 5.75 Å². The molecule has 23 heavy (non-hydrogen) atoms. The second-order valence-corrected chi connectivity index (χ2v) is 6.68. The van der Waals surface area contributed by atoms with Crippen molar-refractivity contribution in [2.75, 3.05) is 33.3 Å². The van der Waals surface area contributed by atoms with E-state index in [2.05, 4.69) is 34.9 Å². The molecular formula is C18H26N2O3. The van der Waals surface area contributed by atoms with Crippen LogP contribution in [0.1, 0.15) is 36.9 Å². The molecular weight excluding hydrogens is 292 g/mol. The number of aryl methyl sites for hydroxylation is 1. The van der Waals surface area contributed by atoms with Crippen molar-refractivity contribution < 1.29 is 14.6 Å². The molecule has 1 heterocycles. The molecule has 2 atom stereocenters. The van der Waals surface area contributed by atoms with E-state index in [1.807, 2.05) is 0 Å². The number of piperazine rings is 1. The Hall–Kier alpha value is -1.59. The standard InChI is InChI=1S/C18H26N2O3/c1-13-11-20(9-8-19(13)12-18(21)22)17-5-3-4-14-10-15(23-2)6-7-16(14)17/h6-7,10,13,17H,3-5,8-9,11-12H2,1-2H3,(H,21,22). The van der Waals surface area contributed by atoms with Crippen LogP contribution in [0, 0.1) is 0 Å². The molecule has 126 valence electrons. The van der Waals surface area contributed by atoms with Gasteiger partial charge in [0.05, 0.1) is 13.7 Å². The van der Waals surface area contributed by atoms with Crippen LogP contribution in [0.4, 0.5) is 0 Å². The van der Waals surface area contributed by atoms with Crippen LogP contribution in [-0.2, 0) is 11.2 Å². The molecule has 1 aromatic rings. The Kier molecular flexibility index (Phi) is 4.87. The van der Waals surface area contributed by atoms with E-state index in [0.29, 0.717) is 6.04 Å². The molecule has 5 nitrogen and oxygen atoms in total. The van der Waals surface area contributed by atoms with Gasteiger partial charge >= 0.3 is 5.97 Å². The number of carbonyl (C=O) groups is 1. The lowest BCUT2D eigenvalue weighted by Gasteiger charge is -2.44. The van der Waals surface area contributed by atoms with Gasteiger partial charge in [0, 0.05) is 31.7 Å². The van der Waals surface area contributed by atoms with E-state index in [-0.39, 0.29) is 12.6 Å². The average molecular weight is 318 g/mol. The average Bonchev–Trinajstić information content (AvgIpc) is 2.55. The van der Waals surface area contributed by atoms with E-state index >= 15 is 0 Å². The summed E-state index contributed by atoms with van der Waals surface area (Å²) in [5.41, 5.74) is 2.83. The van der Waals surface area contributed by atoms with Crippen molar-refractivity contribution in [1.29, 1.82) is 0 Å². The summed E-state index contributed by atoms with van der Waals surface area (Å²) in [4.78, 5) is 15.6. The third-order valence-corrected chi connectivity index (χ3v) is 5.21. The van der Waals surface area contributed by atoms with Gasteiger partial charge in [-0.25, -0.2) is 0 Å². The fourth-order valence-electron chi connectivity index (χ4n) is 3.99. The van der Waals surface area contributed by atoms with Gasteiger partial charge in [0.25, 0.3) is 0 Å². The molecule has 1 aliphatic carbocycles. The first-order valence-electron chi connectivity index (χ1n) is 8.45. The number of nitrogens with zero attached hydrogens (tertiary/aromatic N) is 2. The number of aliphatic carboxylic acids is 1. The molecule has 2 unspecified atom stereocenters. The number of carboxylic acid groups (broad SMARTS) is 1. The normalized spacial score (nSPS) is 25.8. The topological polar surface area (TPSA) is 53.0 Å². The maximum Gasteiger partial charge on any atom is 0.317 e. The summed E-state index contributed by atoms with van der Waals surface area (Å²) in [5.74, 6) is 0.199. The largest absolute Gasteiger partial charge is 0.497 e. The van der Waals surface area contributed by atoms with Crippen molar-refractivity contribution in [3.63, 3.8) is 0 Å². The van der Waals surface area contributed by atoms with Crippen molar-refractivity contribution in [3.8, 4) is 5.75 Å². The number of rotatable bonds is 4. The first-order chi connectivity index (χ1) is 11.1. The Labute approximate surface area is 137 Å². The summed E-state index contributed by atoms with van der Waals surface area (Å²) >= 11 is 0. The van der Waals surface area contributed by atoms with E-state index < -0.39 is 5.97 Å². The van der Waals surface area contributed by atoms with Crippen molar-refractivity contribution in [2.24, 2.45) is 0 Å². The number of benzene rings is 1. The summed E-state index contributed by atoms with van der Waals surface area (Å²) < 4.78 is 5.35. The van der Waals surface area contributed by atoms with Crippen LogP contribution in [0.2, 0.25) is 0 Å². The van der Waals surface area contributed by atoms with Gasteiger partial charge in [-0.05, 0) is 49.4 Å². The van der Waals surface area contributed by atoms with Crippen LogP contribution in [0.3, 0.4) is 0 Å². The van der Waals surface area contributed by atoms with Crippen molar-refractivity contribution >= 4 is 5.97 Å². The van der Waals surface area contributed by atoms with E-state index in [9.17, 15) is 4.79 Å². The number of hydrogen-bond donors (Lipinski definition) is 1. The molecule has 1 fully saturated rings. The van der Waals surface area contributed by atoms with Crippen LogP contribution in [0.25, 0.3) is 0 Å². The maximum atomic E-state index is 11.0. The molecule has 0 radical (unpaired) electrons. The minimum atomic E-state index is -0.736. The van der Waals surface area contributed by atoms with Crippen molar-refractivity contribution in [1.82, 2.24) is 9.80 Å². The van der Waals surface area contributed by atoms with E-state index in [4.69, 9.17) is 9.84 Å². The van der Waals surface area contributed by atoms with Gasteiger partial charge in [0.15, 0.2) is 0 Å². The fourth-order valence-corrected chi connectivity index (χ4v) is 3.99. The van der Waals surface area contributed by atoms with Gasteiger partial charge in [-0.1, -0.05) is 6.07 Å². The molecule has 3 rings (SSSR count). The van der Waals surface area contributed by atoms with Gasteiger partial charge in [0.2, 0.25) is 0 Å². The van der Waals surface area contributed by atoms with Gasteiger partial charge in [-0.15, -0.1) is 0 Å². The fraction of sp³-hybridized carbons (Fsp3) is 0.611. The van der Waals surface area contributed by atoms with Crippen molar-refractivity contribution in [2.45, 2.75) is 38.3 Å². The van der Waals surface area contributed by atoms with Gasteiger partial charge < -0.3 is 9.84 Å². The van der Waals surface area contributed by atoms with Crippen molar-refractivity contribution in [3.05, 3.63) is 29.3 Å². The van der Waals surface area contributed by atoms with Gasteiger partial charge in [-0.2, -0.15) is 0 Å². The Morgan fingerprint density at radius 2 is 2.22 bits per heavy atom. The monoisotopic (exact) mass is 318 g/mol. The second kappa shape index (κ2) is 6.89. The molecule has 1 aromatic carbocycles. The zero-order chi connectivity index (χ0) is 16.4. The number of fused-ring (bicyclic) bond motifs is 1. The highest BCUT2D eigenvalue weighted by Gasteiger charge is 2.32. The van der Waals surface area contributed by atoms with Gasteiger partial charge in [0.1, 0.15) is 5.75 Å². The zero-order valence-corrected chi connectivity index (χ0v) is 14.0. The summed E-state index contributed by atoms with van der Waals surface area (Å²) in [7, 11) is 1.71. The lowest BCUT2D eigenvalue weighted by Crippen LogP contribution is -2.54. The second-order valence-electron chi connectivity index (χ2n) is 6.68. The number of ether oxygens (including phenoxy) is 1. The Morgan fingerprint density at radius 1 is 1.39 bits per heavy atom. The smallest absolute Gasteiger partial charge is 0.317 e. The SMILES string of the molecule is COc1ccc2c(c1)CCCC2N1CCN(CC(=O)O)C(C)C1. The number of hydrogen-bond acceptors (Lipinski definition) is 4. The van der Waals surface area contributed by atoms with Crippen LogP contribution in [0.15, 0.2) is 18.2 Å². The Bertz CT molecular complexity index is 575. The lowest BCUT2D eigenvalue weighted by molar-refractivity contribution is -0.139. The highest BCUT2D eigenvalue weighted by atomic mass is 16.5. The predicted octanol–water partition coefficient (Wildman–Crippen LogP) is 2.16. The lowest BCUT2D eigenvalue weighted by atomic mass is 9.86. The molecule has 5 heteroatoms. The molecule has 1 saturated heterocycles. The van der Waals surface area contributed by atoms with Crippen LogP contribution >= 0.6 is 0 Å².